The molecule has 0 saturated heterocycles. The topological polar surface area (TPSA) is 21.6 Å². The molecule has 2 fully saturated rings. The first-order valence-electron chi connectivity index (χ1n) is 9.15. The Morgan fingerprint density at radius 2 is 1.35 bits per heavy atom. The summed E-state index contributed by atoms with van der Waals surface area (Å²) < 4.78 is 6.47. The van der Waals surface area contributed by atoms with E-state index in [9.17, 15) is 0 Å². The van der Waals surface area contributed by atoms with Crippen molar-refractivity contribution >= 4 is 5.71 Å². The van der Waals surface area contributed by atoms with Crippen LogP contribution < -0.4 is 0 Å². The van der Waals surface area contributed by atoms with E-state index in [1.165, 1.54) is 95.6 Å². The zero-order chi connectivity index (χ0) is 13.6. The molecule has 0 spiro atoms. The van der Waals surface area contributed by atoms with Crippen LogP contribution in [0.15, 0.2) is 4.99 Å². The Labute approximate surface area is 124 Å². The molecule has 0 aromatic rings. The van der Waals surface area contributed by atoms with Gasteiger partial charge in [0, 0.05) is 5.71 Å². The first-order valence-corrected chi connectivity index (χ1v) is 9.15. The van der Waals surface area contributed by atoms with Crippen molar-refractivity contribution in [3.05, 3.63) is 0 Å². The maximum absolute atomic E-state index is 6.47. The Morgan fingerprint density at radius 3 is 2.20 bits per heavy atom. The molecule has 2 heteroatoms. The van der Waals surface area contributed by atoms with Crippen LogP contribution in [0.3, 0.4) is 0 Å². The van der Waals surface area contributed by atoms with Gasteiger partial charge >= 0.3 is 0 Å². The minimum absolute atomic E-state index is 0.369. The van der Waals surface area contributed by atoms with Gasteiger partial charge in [0.15, 0.2) is 0 Å². The van der Waals surface area contributed by atoms with Crippen LogP contribution in [0, 0.1) is 0 Å². The van der Waals surface area contributed by atoms with Gasteiger partial charge < -0.3 is 4.74 Å². The highest BCUT2D eigenvalue weighted by molar-refractivity contribution is 5.89. The highest BCUT2D eigenvalue weighted by atomic mass is 16.5. The molecule has 114 valence electrons. The van der Waals surface area contributed by atoms with Crippen molar-refractivity contribution in [1.29, 1.82) is 0 Å². The third-order valence-corrected chi connectivity index (χ3v) is 5.36. The molecule has 0 amide bonds. The Balaban J connectivity index is 1.65. The Morgan fingerprint density at radius 1 is 0.700 bits per heavy atom. The molecule has 0 N–H and O–H groups in total. The molecule has 2 saturated carbocycles. The molecule has 0 aromatic carbocycles. The van der Waals surface area contributed by atoms with E-state index in [4.69, 9.17) is 9.73 Å². The molecular weight excluding hydrogens is 246 g/mol. The number of fused-ring (bicyclic) bond motifs is 2. The third-order valence-electron chi connectivity index (χ3n) is 5.36. The van der Waals surface area contributed by atoms with Crippen LogP contribution >= 0.6 is 0 Å². The lowest BCUT2D eigenvalue weighted by molar-refractivity contribution is -0.0251. The van der Waals surface area contributed by atoms with Crippen molar-refractivity contribution in [3.63, 3.8) is 0 Å². The summed E-state index contributed by atoms with van der Waals surface area (Å²) in [6.07, 6.45) is 19.6. The van der Waals surface area contributed by atoms with Crippen molar-refractivity contribution < 1.29 is 4.74 Å². The maximum Gasteiger partial charge on any atom is 0.0956 e. The largest absolute Gasteiger partial charge is 0.367 e. The van der Waals surface area contributed by atoms with Crippen LogP contribution in [-0.4, -0.2) is 24.0 Å². The Bertz CT molecular complexity index is 325. The van der Waals surface area contributed by atoms with Crippen LogP contribution in [0.1, 0.15) is 89.9 Å². The Kier molecular flexibility index (Phi) is 5.52. The van der Waals surface area contributed by atoms with Gasteiger partial charge in [-0.1, -0.05) is 57.8 Å². The lowest BCUT2D eigenvalue weighted by atomic mass is 9.89. The fourth-order valence-electron chi connectivity index (χ4n) is 4.13. The van der Waals surface area contributed by atoms with E-state index in [0.717, 1.165) is 0 Å². The fraction of sp³-hybridized carbons (Fsp3) is 0.944. The zero-order valence-electron chi connectivity index (χ0n) is 13.0. The van der Waals surface area contributed by atoms with Gasteiger partial charge in [0.1, 0.15) is 0 Å². The standard InChI is InChI=1S/C18H31NO/c1-2-4-6-8-13-17-15(11-7-5-3-1)19-16-12-9-10-14-18(16)20-17/h16-18H,1-14H2. The normalized spacial score (nSPS) is 36.8. The summed E-state index contributed by atoms with van der Waals surface area (Å²) in [6.45, 7) is 0. The van der Waals surface area contributed by atoms with Gasteiger partial charge in [0.2, 0.25) is 0 Å². The molecule has 1 heterocycles. The van der Waals surface area contributed by atoms with Crippen molar-refractivity contribution in [3.8, 4) is 0 Å². The van der Waals surface area contributed by atoms with E-state index in [-0.39, 0.29) is 0 Å². The van der Waals surface area contributed by atoms with E-state index < -0.39 is 0 Å². The van der Waals surface area contributed by atoms with Gasteiger partial charge in [-0.25, -0.2) is 0 Å². The lowest BCUT2D eigenvalue weighted by Crippen LogP contribution is -2.43. The monoisotopic (exact) mass is 277 g/mol. The van der Waals surface area contributed by atoms with E-state index >= 15 is 0 Å². The van der Waals surface area contributed by atoms with Crippen LogP contribution in [0.25, 0.3) is 0 Å². The first kappa shape index (κ1) is 14.6. The molecule has 2 nitrogen and oxygen atoms in total. The van der Waals surface area contributed by atoms with Crippen molar-refractivity contribution in [2.24, 2.45) is 4.99 Å². The molecule has 3 aliphatic rings. The van der Waals surface area contributed by atoms with E-state index in [1.807, 2.05) is 0 Å². The van der Waals surface area contributed by atoms with Gasteiger partial charge in [-0.15, -0.1) is 0 Å². The predicted molar refractivity (Wildman–Crippen MR) is 84.5 cm³/mol. The third kappa shape index (κ3) is 3.84. The van der Waals surface area contributed by atoms with E-state index in [1.54, 1.807) is 0 Å². The molecule has 0 radical (unpaired) electrons. The van der Waals surface area contributed by atoms with E-state index in [2.05, 4.69) is 0 Å². The van der Waals surface area contributed by atoms with Gasteiger partial charge in [-0.3, -0.25) is 4.99 Å². The second kappa shape index (κ2) is 7.59. The average molecular weight is 277 g/mol. The lowest BCUT2D eigenvalue weighted by Gasteiger charge is -2.38. The number of rotatable bonds is 0. The minimum Gasteiger partial charge on any atom is -0.367 e. The summed E-state index contributed by atoms with van der Waals surface area (Å²) in [6, 6.07) is 0.503. The maximum atomic E-state index is 6.47. The summed E-state index contributed by atoms with van der Waals surface area (Å²) in [7, 11) is 0. The molecule has 0 bridgehead atoms. The first-order chi connectivity index (χ1) is 9.93. The molecule has 2 aliphatic carbocycles. The summed E-state index contributed by atoms with van der Waals surface area (Å²) in [4.78, 5) is 5.15. The molecule has 3 rings (SSSR count). The van der Waals surface area contributed by atoms with Gasteiger partial charge in [-0.05, 0) is 32.1 Å². The van der Waals surface area contributed by atoms with Crippen molar-refractivity contribution in [2.45, 2.75) is 108 Å². The molecular formula is C18H31NO. The molecule has 0 aromatic heterocycles. The number of nitrogens with zero attached hydrogens (tertiary/aromatic N) is 1. The number of ether oxygens (including phenoxy) is 1. The second-order valence-corrected chi connectivity index (χ2v) is 7.00. The van der Waals surface area contributed by atoms with Crippen LogP contribution in [-0.2, 0) is 4.74 Å². The summed E-state index contributed by atoms with van der Waals surface area (Å²) in [5.74, 6) is 0. The summed E-state index contributed by atoms with van der Waals surface area (Å²) >= 11 is 0. The average Bonchev–Trinajstić information content (AvgIpc) is 2.47. The molecule has 3 atom stereocenters. The smallest absolute Gasteiger partial charge is 0.0956 e. The predicted octanol–water partition coefficient (Wildman–Crippen LogP) is 5.05. The SMILES string of the molecule is C1CCCCCC2OC3CCCCC3N=C2CCCC1. The van der Waals surface area contributed by atoms with Crippen molar-refractivity contribution in [2.75, 3.05) is 0 Å². The van der Waals surface area contributed by atoms with E-state index in [0.29, 0.717) is 18.2 Å². The van der Waals surface area contributed by atoms with Gasteiger partial charge in [0.05, 0.1) is 18.2 Å². The zero-order valence-corrected chi connectivity index (χ0v) is 13.0. The second-order valence-electron chi connectivity index (χ2n) is 7.00. The van der Waals surface area contributed by atoms with Crippen LogP contribution in [0.5, 0.6) is 0 Å². The highest BCUT2D eigenvalue weighted by Crippen LogP contribution is 2.31. The van der Waals surface area contributed by atoms with Gasteiger partial charge in [-0.2, -0.15) is 0 Å². The number of aliphatic imine (C=N–C) groups is 1. The highest BCUT2D eigenvalue weighted by Gasteiger charge is 2.34. The summed E-state index contributed by atoms with van der Waals surface area (Å²) in [5.41, 5.74) is 1.42. The molecule has 1 aliphatic heterocycles. The van der Waals surface area contributed by atoms with Gasteiger partial charge in [0.25, 0.3) is 0 Å². The molecule has 20 heavy (non-hydrogen) atoms. The molecule has 3 unspecified atom stereocenters. The summed E-state index contributed by atoms with van der Waals surface area (Å²) in [5, 5.41) is 0. The fourth-order valence-corrected chi connectivity index (χ4v) is 4.13. The quantitative estimate of drug-likeness (QED) is 0.607. The minimum atomic E-state index is 0.369. The Hall–Kier alpha value is -0.370. The number of hydrogen-bond acceptors (Lipinski definition) is 2. The van der Waals surface area contributed by atoms with Crippen molar-refractivity contribution in [1.82, 2.24) is 0 Å². The van der Waals surface area contributed by atoms with Crippen LogP contribution in [0.2, 0.25) is 0 Å². The van der Waals surface area contributed by atoms with Crippen LogP contribution in [0.4, 0.5) is 0 Å². The number of hydrogen-bond donors (Lipinski definition) is 0.